The van der Waals surface area contributed by atoms with Crippen molar-refractivity contribution in [3.8, 4) is 5.69 Å². The maximum absolute atomic E-state index is 13.5. The first-order valence-electron chi connectivity index (χ1n) is 10.8. The maximum atomic E-state index is 13.5. The van der Waals surface area contributed by atoms with Crippen LogP contribution in [0.3, 0.4) is 0 Å². The van der Waals surface area contributed by atoms with Crippen molar-refractivity contribution in [2.24, 2.45) is 0 Å². The van der Waals surface area contributed by atoms with Crippen LogP contribution in [0.25, 0.3) is 11.8 Å². The molecule has 2 heterocycles. The number of aromatic nitrogens is 1. The summed E-state index contributed by atoms with van der Waals surface area (Å²) in [6.07, 6.45) is 1.65. The average molecular weight is 512 g/mol. The molecule has 0 saturated carbocycles. The van der Waals surface area contributed by atoms with E-state index in [4.69, 9.17) is 35.4 Å². The summed E-state index contributed by atoms with van der Waals surface area (Å²) in [5.74, 6) is -0.878. The zero-order valence-corrected chi connectivity index (χ0v) is 21.6. The third-order valence-corrected chi connectivity index (χ3v) is 6.80. The number of halogens is 2. The lowest BCUT2D eigenvalue weighted by molar-refractivity contribution is -0.127. The van der Waals surface area contributed by atoms with Gasteiger partial charge in [0.25, 0.3) is 11.8 Å². The lowest BCUT2D eigenvalue weighted by atomic mass is 10.1. The third kappa shape index (κ3) is 4.17. The minimum Gasteiger partial charge on any atom is -0.318 e. The second-order valence-electron chi connectivity index (χ2n) is 8.10. The van der Waals surface area contributed by atoms with Gasteiger partial charge in [-0.05, 0) is 99.6 Å². The van der Waals surface area contributed by atoms with E-state index in [1.54, 1.807) is 30.3 Å². The van der Waals surface area contributed by atoms with Gasteiger partial charge in [-0.15, -0.1) is 0 Å². The van der Waals surface area contributed by atoms with E-state index in [1.807, 2.05) is 52.0 Å². The van der Waals surface area contributed by atoms with E-state index in [2.05, 4.69) is 4.57 Å². The number of carbonyl (C=O) groups excluding carboxylic acids is 2. The first-order valence-corrected chi connectivity index (χ1v) is 11.9. The minimum absolute atomic E-state index is 0.0495. The highest BCUT2D eigenvalue weighted by atomic mass is 35.5. The van der Waals surface area contributed by atoms with Crippen molar-refractivity contribution in [1.82, 2.24) is 9.47 Å². The molecule has 0 bridgehead atoms. The second-order valence-corrected chi connectivity index (χ2v) is 9.34. The van der Waals surface area contributed by atoms with Crippen molar-refractivity contribution >= 4 is 64.1 Å². The van der Waals surface area contributed by atoms with E-state index in [0.717, 1.165) is 28.2 Å². The van der Waals surface area contributed by atoms with Crippen LogP contribution in [0.5, 0.6) is 0 Å². The van der Waals surface area contributed by atoms with Gasteiger partial charge in [-0.3, -0.25) is 19.4 Å². The largest absolute Gasteiger partial charge is 0.318 e. The highest BCUT2D eigenvalue weighted by Gasteiger charge is 2.39. The number of hydrogen-bond acceptors (Lipinski definition) is 3. The fraction of sp³-hybridized carbons (Fsp3) is 0.192. The van der Waals surface area contributed by atoms with Crippen molar-refractivity contribution in [3.63, 3.8) is 0 Å². The predicted octanol–water partition coefficient (Wildman–Crippen LogP) is 6.27. The Labute approximate surface area is 214 Å². The first kappa shape index (κ1) is 24.2. The summed E-state index contributed by atoms with van der Waals surface area (Å²) in [6.45, 7) is 8.11. The molecule has 1 saturated heterocycles. The number of aryl methyl sites for hydroxylation is 2. The van der Waals surface area contributed by atoms with E-state index >= 15 is 0 Å². The molecule has 2 amide bonds. The van der Waals surface area contributed by atoms with E-state index in [-0.39, 0.29) is 10.7 Å². The van der Waals surface area contributed by atoms with Crippen molar-refractivity contribution in [2.75, 3.05) is 11.4 Å². The molecule has 1 fully saturated rings. The zero-order valence-electron chi connectivity index (χ0n) is 19.2. The number of hydrogen-bond donors (Lipinski definition) is 0. The number of benzene rings is 2. The van der Waals surface area contributed by atoms with Crippen LogP contribution in [-0.4, -0.2) is 32.9 Å². The van der Waals surface area contributed by atoms with Crippen LogP contribution in [0.4, 0.5) is 5.69 Å². The maximum Gasteiger partial charge on any atom is 0.270 e. The Bertz CT molecular complexity index is 1360. The quantitative estimate of drug-likeness (QED) is 0.235. The Morgan fingerprint density at radius 2 is 1.56 bits per heavy atom. The Morgan fingerprint density at radius 3 is 2.21 bits per heavy atom. The van der Waals surface area contributed by atoms with Gasteiger partial charge in [0.05, 0.1) is 5.69 Å². The number of amides is 2. The number of likely N-dealkylation sites (N-methyl/N-ethyl adjacent to an activating group) is 1. The fourth-order valence-electron chi connectivity index (χ4n) is 4.16. The SMILES string of the molecule is CCN1C(=O)/C(=C\c2cc(C)n(-c3cc(Cl)ccc3C)c2C)C(=O)N(c2ccc(Cl)cc2)C1=S. The summed E-state index contributed by atoms with van der Waals surface area (Å²) in [5, 5.41) is 1.33. The molecule has 8 heteroatoms. The second kappa shape index (κ2) is 9.37. The molecule has 0 aliphatic carbocycles. The summed E-state index contributed by atoms with van der Waals surface area (Å²) in [4.78, 5) is 29.6. The summed E-state index contributed by atoms with van der Waals surface area (Å²) >= 11 is 17.8. The molecular weight excluding hydrogens is 489 g/mol. The van der Waals surface area contributed by atoms with Gasteiger partial charge >= 0.3 is 0 Å². The molecule has 174 valence electrons. The number of thiocarbonyl (C=S) groups is 1. The molecule has 0 radical (unpaired) electrons. The minimum atomic E-state index is -0.467. The first-order chi connectivity index (χ1) is 16.1. The predicted molar refractivity (Wildman–Crippen MR) is 142 cm³/mol. The molecule has 0 unspecified atom stereocenters. The normalized spacial score (nSPS) is 15.6. The van der Waals surface area contributed by atoms with Gasteiger partial charge in [-0.2, -0.15) is 0 Å². The van der Waals surface area contributed by atoms with Gasteiger partial charge in [-0.1, -0.05) is 29.3 Å². The summed E-state index contributed by atoms with van der Waals surface area (Å²) < 4.78 is 2.07. The van der Waals surface area contributed by atoms with Gasteiger partial charge in [0, 0.05) is 33.7 Å². The molecule has 2 aromatic carbocycles. The standard InChI is InChI=1S/C26H23Cl2N3O2S/c1-5-29-24(32)22(25(33)31(26(29)34)21-10-8-19(27)9-11-21)13-18-12-16(3)30(17(18)4)23-14-20(28)7-6-15(23)2/h6-14H,5H2,1-4H3/b22-13+. The van der Waals surface area contributed by atoms with Crippen molar-refractivity contribution in [1.29, 1.82) is 0 Å². The Kier molecular flexibility index (Phi) is 6.67. The van der Waals surface area contributed by atoms with Crippen LogP contribution < -0.4 is 4.90 Å². The lowest BCUT2D eigenvalue weighted by Crippen LogP contribution is -2.56. The summed E-state index contributed by atoms with van der Waals surface area (Å²) in [6, 6.07) is 14.5. The van der Waals surface area contributed by atoms with E-state index in [9.17, 15) is 9.59 Å². The monoisotopic (exact) mass is 511 g/mol. The zero-order chi connectivity index (χ0) is 24.7. The molecule has 1 aromatic heterocycles. The lowest BCUT2D eigenvalue weighted by Gasteiger charge is -2.36. The molecule has 0 N–H and O–H groups in total. The molecule has 1 aliphatic rings. The molecule has 1 aliphatic heterocycles. The molecule has 0 spiro atoms. The van der Waals surface area contributed by atoms with Gasteiger partial charge in [0.15, 0.2) is 5.11 Å². The summed E-state index contributed by atoms with van der Waals surface area (Å²) in [7, 11) is 0. The highest BCUT2D eigenvalue weighted by Crippen LogP contribution is 2.30. The fourth-order valence-corrected chi connectivity index (χ4v) is 4.85. The van der Waals surface area contributed by atoms with Crippen LogP contribution in [-0.2, 0) is 9.59 Å². The Morgan fingerprint density at radius 1 is 0.912 bits per heavy atom. The molecule has 0 atom stereocenters. The molecule has 34 heavy (non-hydrogen) atoms. The highest BCUT2D eigenvalue weighted by molar-refractivity contribution is 7.80. The topological polar surface area (TPSA) is 45.6 Å². The van der Waals surface area contributed by atoms with Crippen molar-refractivity contribution in [3.05, 3.63) is 86.7 Å². The molecule has 4 rings (SSSR count). The smallest absolute Gasteiger partial charge is 0.270 e. The van der Waals surface area contributed by atoms with Crippen LogP contribution in [0.1, 0.15) is 29.4 Å². The van der Waals surface area contributed by atoms with Crippen molar-refractivity contribution < 1.29 is 9.59 Å². The van der Waals surface area contributed by atoms with Crippen LogP contribution in [0, 0.1) is 20.8 Å². The van der Waals surface area contributed by atoms with E-state index < -0.39 is 11.8 Å². The van der Waals surface area contributed by atoms with Crippen molar-refractivity contribution in [2.45, 2.75) is 27.7 Å². The number of carbonyl (C=O) groups is 2. The number of anilines is 1. The van der Waals surface area contributed by atoms with Gasteiger partial charge < -0.3 is 4.57 Å². The Hall–Kier alpha value is -2.93. The van der Waals surface area contributed by atoms with E-state index in [0.29, 0.717) is 22.3 Å². The number of rotatable bonds is 4. The summed E-state index contributed by atoms with van der Waals surface area (Å²) in [5.41, 5.74) is 5.24. The molecular formula is C26H23Cl2N3O2S. The Balaban J connectivity index is 1.84. The van der Waals surface area contributed by atoms with Crippen LogP contribution in [0.15, 0.2) is 54.1 Å². The van der Waals surface area contributed by atoms with Crippen LogP contribution in [0.2, 0.25) is 10.0 Å². The van der Waals surface area contributed by atoms with Gasteiger partial charge in [0.2, 0.25) is 0 Å². The van der Waals surface area contributed by atoms with E-state index in [1.165, 1.54) is 9.80 Å². The average Bonchev–Trinajstić information content (AvgIpc) is 3.07. The van der Waals surface area contributed by atoms with Gasteiger partial charge in [0.1, 0.15) is 5.57 Å². The third-order valence-electron chi connectivity index (χ3n) is 5.91. The van der Waals surface area contributed by atoms with Gasteiger partial charge in [-0.25, -0.2) is 0 Å². The number of nitrogens with zero attached hydrogens (tertiary/aromatic N) is 3. The van der Waals surface area contributed by atoms with Crippen LogP contribution >= 0.6 is 35.4 Å². The molecule has 3 aromatic rings. The molecule has 5 nitrogen and oxygen atoms in total.